The van der Waals surface area contributed by atoms with Crippen LogP contribution < -0.4 is 5.32 Å². The van der Waals surface area contributed by atoms with E-state index in [0.717, 1.165) is 5.56 Å². The molecule has 0 amide bonds. The predicted molar refractivity (Wildman–Crippen MR) is 59.3 cm³/mol. The molecule has 4 nitrogen and oxygen atoms in total. The summed E-state index contributed by atoms with van der Waals surface area (Å²) >= 11 is 0. The third kappa shape index (κ3) is 4.48. The van der Waals surface area contributed by atoms with Gasteiger partial charge in [0.25, 0.3) is 0 Å². The third-order valence-electron chi connectivity index (χ3n) is 2.18. The molecular weight excluding hydrogens is 214 g/mol. The van der Waals surface area contributed by atoms with Crippen molar-refractivity contribution in [2.24, 2.45) is 0 Å². The molecule has 0 aliphatic carbocycles. The Labute approximate surface area is 90.6 Å². The molecular formula is C10H17NO3S. The lowest BCUT2D eigenvalue weighted by molar-refractivity contribution is 0.544. The summed E-state index contributed by atoms with van der Waals surface area (Å²) in [6.07, 6.45) is 3.25. The van der Waals surface area contributed by atoms with Gasteiger partial charge in [0.05, 0.1) is 18.3 Å². The Morgan fingerprint density at radius 2 is 2.27 bits per heavy atom. The van der Waals surface area contributed by atoms with E-state index in [2.05, 4.69) is 5.32 Å². The second-order valence-corrected chi connectivity index (χ2v) is 6.01. The zero-order valence-corrected chi connectivity index (χ0v) is 9.88. The molecule has 0 saturated carbocycles. The van der Waals surface area contributed by atoms with E-state index < -0.39 is 9.84 Å². The Balaban J connectivity index is 2.34. The largest absolute Gasteiger partial charge is 0.472 e. The van der Waals surface area contributed by atoms with Gasteiger partial charge in [-0.1, -0.05) is 6.92 Å². The first-order valence-electron chi connectivity index (χ1n) is 4.98. The Bertz CT molecular complexity index is 369. The number of hydrogen-bond donors (Lipinski definition) is 1. The molecule has 0 spiro atoms. The van der Waals surface area contributed by atoms with E-state index in [0.29, 0.717) is 6.54 Å². The van der Waals surface area contributed by atoms with Crippen molar-refractivity contribution >= 4 is 9.84 Å². The summed E-state index contributed by atoms with van der Waals surface area (Å²) in [6, 6.07) is 1.82. The van der Waals surface area contributed by atoms with E-state index >= 15 is 0 Å². The standard InChI is InChI=1S/C10H17NO3S/c1-3-15(12,13)8-9(2)11-6-10-4-5-14-7-10/h4-5,7,9,11H,3,6,8H2,1-2H3. The molecule has 0 aliphatic heterocycles. The van der Waals surface area contributed by atoms with Crippen LogP contribution in [0.1, 0.15) is 19.4 Å². The number of nitrogens with one attached hydrogen (secondary N) is 1. The number of hydrogen-bond acceptors (Lipinski definition) is 4. The van der Waals surface area contributed by atoms with E-state index in [-0.39, 0.29) is 17.5 Å². The van der Waals surface area contributed by atoms with E-state index in [1.165, 1.54) is 0 Å². The first-order chi connectivity index (χ1) is 7.03. The zero-order valence-electron chi connectivity index (χ0n) is 9.06. The molecule has 0 aromatic carbocycles. The zero-order chi connectivity index (χ0) is 11.3. The Kier molecular flexibility index (Phi) is 4.35. The molecule has 0 aliphatic rings. The van der Waals surface area contributed by atoms with Gasteiger partial charge in [0.1, 0.15) is 0 Å². The molecule has 0 radical (unpaired) electrons. The van der Waals surface area contributed by atoms with Crippen molar-refractivity contribution < 1.29 is 12.8 Å². The predicted octanol–water partition coefficient (Wildman–Crippen LogP) is 1.19. The average molecular weight is 231 g/mol. The van der Waals surface area contributed by atoms with Crippen LogP contribution in [-0.2, 0) is 16.4 Å². The topological polar surface area (TPSA) is 59.3 Å². The molecule has 1 heterocycles. The quantitative estimate of drug-likeness (QED) is 0.799. The highest BCUT2D eigenvalue weighted by molar-refractivity contribution is 7.91. The summed E-state index contributed by atoms with van der Waals surface area (Å²) in [5.41, 5.74) is 1.02. The summed E-state index contributed by atoms with van der Waals surface area (Å²) in [5, 5.41) is 3.14. The lowest BCUT2D eigenvalue weighted by Crippen LogP contribution is -2.33. The van der Waals surface area contributed by atoms with Gasteiger partial charge in [0.2, 0.25) is 0 Å². The van der Waals surface area contributed by atoms with Crippen LogP contribution in [0.4, 0.5) is 0 Å². The van der Waals surface area contributed by atoms with Gasteiger partial charge in [0, 0.05) is 23.9 Å². The van der Waals surface area contributed by atoms with E-state index in [1.807, 2.05) is 13.0 Å². The molecule has 5 heteroatoms. The van der Waals surface area contributed by atoms with Crippen LogP contribution in [0.2, 0.25) is 0 Å². The molecule has 15 heavy (non-hydrogen) atoms. The minimum absolute atomic E-state index is 0.0372. The van der Waals surface area contributed by atoms with Gasteiger partial charge in [-0.15, -0.1) is 0 Å². The molecule has 0 bridgehead atoms. The fourth-order valence-electron chi connectivity index (χ4n) is 1.24. The van der Waals surface area contributed by atoms with Crippen LogP contribution in [0.25, 0.3) is 0 Å². The van der Waals surface area contributed by atoms with E-state index in [4.69, 9.17) is 4.42 Å². The van der Waals surface area contributed by atoms with Crippen molar-refractivity contribution in [2.75, 3.05) is 11.5 Å². The second-order valence-electron chi connectivity index (χ2n) is 3.61. The maximum atomic E-state index is 11.3. The molecule has 1 N–H and O–H groups in total. The summed E-state index contributed by atoms with van der Waals surface area (Å²) in [7, 11) is -2.90. The highest BCUT2D eigenvalue weighted by atomic mass is 32.2. The highest BCUT2D eigenvalue weighted by Crippen LogP contribution is 2.00. The first-order valence-corrected chi connectivity index (χ1v) is 6.80. The van der Waals surface area contributed by atoms with Crippen molar-refractivity contribution in [3.63, 3.8) is 0 Å². The second kappa shape index (κ2) is 5.32. The fourth-order valence-corrected chi connectivity index (χ4v) is 2.36. The maximum absolute atomic E-state index is 11.3. The summed E-state index contributed by atoms with van der Waals surface area (Å²) < 4.78 is 27.5. The van der Waals surface area contributed by atoms with Gasteiger partial charge < -0.3 is 9.73 Å². The van der Waals surface area contributed by atoms with Crippen molar-refractivity contribution in [1.82, 2.24) is 5.32 Å². The van der Waals surface area contributed by atoms with E-state index in [1.54, 1.807) is 19.5 Å². The normalized spacial score (nSPS) is 14.0. The van der Waals surface area contributed by atoms with Crippen LogP contribution in [0.5, 0.6) is 0 Å². The molecule has 1 atom stereocenters. The molecule has 0 fully saturated rings. The van der Waals surface area contributed by atoms with Crippen LogP contribution >= 0.6 is 0 Å². The molecule has 1 unspecified atom stereocenters. The first kappa shape index (κ1) is 12.3. The van der Waals surface area contributed by atoms with Gasteiger partial charge in [-0.3, -0.25) is 0 Å². The molecule has 1 aromatic rings. The van der Waals surface area contributed by atoms with Gasteiger partial charge in [0.15, 0.2) is 9.84 Å². The average Bonchev–Trinajstić information content (AvgIpc) is 2.66. The van der Waals surface area contributed by atoms with Crippen LogP contribution in [0.15, 0.2) is 23.0 Å². The monoisotopic (exact) mass is 231 g/mol. The lowest BCUT2D eigenvalue weighted by atomic mass is 10.3. The van der Waals surface area contributed by atoms with Gasteiger partial charge in [-0.25, -0.2) is 8.42 Å². The summed E-state index contributed by atoms with van der Waals surface area (Å²) in [4.78, 5) is 0. The summed E-state index contributed by atoms with van der Waals surface area (Å²) in [6.45, 7) is 4.17. The highest BCUT2D eigenvalue weighted by Gasteiger charge is 2.12. The third-order valence-corrected chi connectivity index (χ3v) is 4.07. The smallest absolute Gasteiger partial charge is 0.151 e. The van der Waals surface area contributed by atoms with Crippen LogP contribution in [0, 0.1) is 0 Å². The van der Waals surface area contributed by atoms with Crippen molar-refractivity contribution in [3.8, 4) is 0 Å². The van der Waals surface area contributed by atoms with Crippen molar-refractivity contribution in [2.45, 2.75) is 26.4 Å². The minimum Gasteiger partial charge on any atom is -0.472 e. The summed E-state index contributed by atoms with van der Waals surface area (Å²) in [5.74, 6) is 0.381. The van der Waals surface area contributed by atoms with Gasteiger partial charge in [-0.2, -0.15) is 0 Å². The van der Waals surface area contributed by atoms with Crippen molar-refractivity contribution in [3.05, 3.63) is 24.2 Å². The lowest BCUT2D eigenvalue weighted by Gasteiger charge is -2.12. The molecule has 1 aromatic heterocycles. The molecule has 86 valence electrons. The number of rotatable bonds is 6. The number of sulfone groups is 1. The maximum Gasteiger partial charge on any atom is 0.151 e. The Morgan fingerprint density at radius 3 is 2.80 bits per heavy atom. The minimum atomic E-state index is -2.90. The van der Waals surface area contributed by atoms with Gasteiger partial charge >= 0.3 is 0 Å². The molecule has 1 rings (SSSR count). The van der Waals surface area contributed by atoms with Crippen LogP contribution in [0.3, 0.4) is 0 Å². The van der Waals surface area contributed by atoms with Gasteiger partial charge in [-0.05, 0) is 13.0 Å². The van der Waals surface area contributed by atoms with Crippen LogP contribution in [-0.4, -0.2) is 26.0 Å². The fraction of sp³-hybridized carbons (Fsp3) is 0.600. The van der Waals surface area contributed by atoms with Crippen molar-refractivity contribution in [1.29, 1.82) is 0 Å². The SMILES string of the molecule is CCS(=O)(=O)CC(C)NCc1ccoc1. The van der Waals surface area contributed by atoms with E-state index in [9.17, 15) is 8.42 Å². The molecule has 0 saturated heterocycles. The number of furan rings is 1. The Hall–Kier alpha value is -0.810. The Morgan fingerprint density at radius 1 is 1.53 bits per heavy atom.